The maximum Gasteiger partial charge on any atom is 0.248 e. The minimum absolute atomic E-state index is 0.0404. The zero-order valence-electron chi connectivity index (χ0n) is 19.5. The second-order valence-corrected chi connectivity index (χ2v) is 9.54. The summed E-state index contributed by atoms with van der Waals surface area (Å²) in [6.45, 7) is 2.71. The lowest BCUT2D eigenvalue weighted by Crippen LogP contribution is -2.54. The molecule has 6 rings (SSSR count). The number of rotatable bonds is 8. The Morgan fingerprint density at radius 2 is 1.91 bits per heavy atom. The Balaban J connectivity index is 1.50. The minimum atomic E-state index is -0.658. The molecule has 9 nitrogen and oxygen atoms in total. The van der Waals surface area contributed by atoms with Crippen LogP contribution in [0, 0.1) is 29.4 Å². The van der Waals surface area contributed by atoms with Crippen LogP contribution in [0.15, 0.2) is 18.5 Å². The molecule has 3 saturated carbocycles. The molecule has 2 bridgehead atoms. The summed E-state index contributed by atoms with van der Waals surface area (Å²) < 4.78 is 30.6. The van der Waals surface area contributed by atoms with Gasteiger partial charge in [0.1, 0.15) is 11.5 Å². The third-order valence-corrected chi connectivity index (χ3v) is 7.42. The van der Waals surface area contributed by atoms with Gasteiger partial charge >= 0.3 is 0 Å². The van der Waals surface area contributed by atoms with E-state index in [1.165, 1.54) is 6.07 Å². The average Bonchev–Trinajstić information content (AvgIpc) is 3.23. The van der Waals surface area contributed by atoms with Crippen molar-refractivity contribution >= 4 is 22.8 Å². The summed E-state index contributed by atoms with van der Waals surface area (Å²) in [4.78, 5) is 25.2. The number of nitrogens with zero attached hydrogens (tertiary/aromatic N) is 5. The number of anilines is 1. The molecule has 3 aliphatic carbocycles. The molecule has 3 aromatic heterocycles. The van der Waals surface area contributed by atoms with E-state index in [4.69, 9.17) is 0 Å². The average molecular weight is 486 g/mol. The van der Waals surface area contributed by atoms with Gasteiger partial charge < -0.3 is 5.32 Å². The van der Waals surface area contributed by atoms with Crippen molar-refractivity contribution in [2.24, 2.45) is 17.8 Å². The van der Waals surface area contributed by atoms with E-state index >= 15 is 0 Å². The molecule has 3 aromatic rings. The van der Waals surface area contributed by atoms with Crippen molar-refractivity contribution in [1.29, 1.82) is 0 Å². The highest BCUT2D eigenvalue weighted by Gasteiger charge is 2.47. The van der Waals surface area contributed by atoms with Crippen LogP contribution in [0.5, 0.6) is 0 Å². The number of hydrogen-bond acceptors (Lipinski definition) is 7. The fraction of sp³-hybridized carbons (Fsp3) is 0.542. The largest absolute Gasteiger partial charge is 0.364 e. The number of aromatic nitrogens is 5. The molecule has 3 fully saturated rings. The second kappa shape index (κ2) is 9.80. The molecule has 11 heteroatoms. The van der Waals surface area contributed by atoms with Gasteiger partial charge in [-0.05, 0) is 50.0 Å². The first kappa shape index (κ1) is 23.5. The Bertz CT molecular complexity index is 1230. The van der Waals surface area contributed by atoms with E-state index in [1.807, 2.05) is 0 Å². The number of hydroxylamine groups is 1. The highest BCUT2D eigenvalue weighted by Crippen LogP contribution is 2.46. The number of fused-ring (bicyclic) bond motifs is 4. The first-order valence-corrected chi connectivity index (χ1v) is 12.3. The Kier molecular flexibility index (Phi) is 6.59. The van der Waals surface area contributed by atoms with E-state index in [9.17, 15) is 18.8 Å². The van der Waals surface area contributed by atoms with Gasteiger partial charge in [-0.2, -0.15) is 5.10 Å². The van der Waals surface area contributed by atoms with E-state index in [0.29, 0.717) is 23.3 Å². The Morgan fingerprint density at radius 3 is 2.66 bits per heavy atom. The Hall–Kier alpha value is -3.21. The second-order valence-electron chi connectivity index (χ2n) is 9.54. The van der Waals surface area contributed by atoms with Crippen molar-refractivity contribution in [3.8, 4) is 11.5 Å². The lowest BCUT2D eigenvalue weighted by molar-refractivity contribution is -0.139. The highest BCUT2D eigenvalue weighted by atomic mass is 19.1. The predicted octanol–water partition coefficient (Wildman–Crippen LogP) is 4.08. The number of nitrogens with one attached hydrogen (secondary N) is 2. The zero-order valence-corrected chi connectivity index (χ0v) is 19.5. The van der Waals surface area contributed by atoms with E-state index < -0.39 is 23.5 Å². The quantitative estimate of drug-likeness (QED) is 0.250. The van der Waals surface area contributed by atoms with Crippen LogP contribution in [-0.4, -0.2) is 41.9 Å². The van der Waals surface area contributed by atoms with Crippen molar-refractivity contribution in [2.75, 3.05) is 5.32 Å². The first-order chi connectivity index (χ1) is 17.0. The number of amides is 1. The van der Waals surface area contributed by atoms with Gasteiger partial charge in [0.05, 0.1) is 23.7 Å². The van der Waals surface area contributed by atoms with Gasteiger partial charge in [0.15, 0.2) is 23.1 Å². The summed E-state index contributed by atoms with van der Waals surface area (Å²) >= 11 is 0. The molecule has 3 heterocycles. The molecule has 3 aliphatic rings. The van der Waals surface area contributed by atoms with Crippen molar-refractivity contribution in [3.63, 3.8) is 0 Å². The fourth-order valence-electron chi connectivity index (χ4n) is 5.72. The van der Waals surface area contributed by atoms with Gasteiger partial charge in [0.2, 0.25) is 5.91 Å². The lowest BCUT2D eigenvalue weighted by Gasteiger charge is -2.47. The van der Waals surface area contributed by atoms with Crippen molar-refractivity contribution in [1.82, 2.24) is 30.2 Å². The molecule has 186 valence electrons. The molecule has 0 radical (unpaired) electrons. The maximum absolute atomic E-state index is 14.8. The summed E-state index contributed by atoms with van der Waals surface area (Å²) in [6, 6.07) is 0.969. The van der Waals surface area contributed by atoms with E-state index in [0.717, 1.165) is 57.3 Å². The van der Waals surface area contributed by atoms with Crippen LogP contribution < -0.4 is 10.8 Å². The van der Waals surface area contributed by atoms with Crippen LogP contribution >= 0.6 is 0 Å². The van der Waals surface area contributed by atoms with Crippen molar-refractivity contribution < 1.29 is 18.8 Å². The van der Waals surface area contributed by atoms with Crippen LogP contribution in [-0.2, 0) is 11.3 Å². The molecular formula is C24H29F2N7O2. The van der Waals surface area contributed by atoms with Gasteiger partial charge in [-0.25, -0.2) is 33.9 Å². The number of pyridine rings is 1. The Labute approximate surface area is 201 Å². The molecular weight excluding hydrogens is 456 g/mol. The van der Waals surface area contributed by atoms with Crippen LogP contribution in [0.4, 0.5) is 14.6 Å². The molecule has 35 heavy (non-hydrogen) atoms. The first-order valence-electron chi connectivity index (χ1n) is 12.3. The van der Waals surface area contributed by atoms with Crippen molar-refractivity contribution in [3.05, 3.63) is 30.1 Å². The monoisotopic (exact) mass is 485 g/mol. The zero-order chi connectivity index (χ0) is 24.5. The number of carbonyl (C=O) groups is 1. The van der Waals surface area contributed by atoms with Crippen LogP contribution in [0.25, 0.3) is 22.6 Å². The van der Waals surface area contributed by atoms with Crippen molar-refractivity contribution in [2.45, 2.75) is 64.5 Å². The number of halogens is 2. The summed E-state index contributed by atoms with van der Waals surface area (Å²) in [5.41, 5.74) is 2.61. The molecule has 0 aliphatic heterocycles. The molecule has 3 N–H and O–H groups in total. The molecule has 0 spiro atoms. The van der Waals surface area contributed by atoms with E-state index in [2.05, 4.69) is 32.3 Å². The molecule has 0 unspecified atom stereocenters. The third-order valence-electron chi connectivity index (χ3n) is 7.42. The van der Waals surface area contributed by atoms with Crippen LogP contribution in [0.2, 0.25) is 0 Å². The number of hydrogen-bond donors (Lipinski definition) is 3. The fourth-order valence-corrected chi connectivity index (χ4v) is 5.72. The summed E-state index contributed by atoms with van der Waals surface area (Å²) in [7, 11) is 0. The van der Waals surface area contributed by atoms with E-state index in [-0.39, 0.29) is 29.5 Å². The highest BCUT2D eigenvalue weighted by molar-refractivity contribution is 5.89. The molecule has 2 atom stereocenters. The third kappa shape index (κ3) is 4.44. The van der Waals surface area contributed by atoms with Gasteiger partial charge in [-0.3, -0.25) is 10.0 Å². The molecule has 0 saturated heterocycles. The normalized spacial score (nSPS) is 23.5. The SMILES string of the molecule is CCCCCn1nc(-c2ncc(F)c(N[C@H]3C4CCC(CC4)[C@@H]3C(=O)NO)n2)c2cc(F)cnc21. The lowest BCUT2D eigenvalue weighted by atomic mass is 9.61. The van der Waals surface area contributed by atoms with Crippen LogP contribution in [0.1, 0.15) is 51.9 Å². The number of unbranched alkanes of at least 4 members (excludes halogenated alkanes) is 2. The summed E-state index contributed by atoms with van der Waals surface area (Å²) in [5.74, 6) is -1.74. The van der Waals surface area contributed by atoms with Crippen LogP contribution in [0.3, 0.4) is 0 Å². The topological polar surface area (TPSA) is 118 Å². The van der Waals surface area contributed by atoms with Gasteiger partial charge in [-0.15, -0.1) is 0 Å². The molecule has 0 aromatic carbocycles. The predicted molar refractivity (Wildman–Crippen MR) is 124 cm³/mol. The number of carbonyl (C=O) groups excluding carboxylic acids is 1. The van der Waals surface area contributed by atoms with E-state index in [1.54, 1.807) is 10.2 Å². The number of aryl methyl sites for hydroxylation is 1. The minimum Gasteiger partial charge on any atom is -0.364 e. The molecule has 1 amide bonds. The van der Waals surface area contributed by atoms with Gasteiger partial charge in [-0.1, -0.05) is 19.8 Å². The van der Waals surface area contributed by atoms with Gasteiger partial charge in [0.25, 0.3) is 0 Å². The standard InChI is InChI=1S/C24H29F2N7O2/c1-2-3-4-9-33-23-16(10-15(25)11-28-23)20(31-33)22-27-12-17(26)21(30-22)29-19-14-7-5-13(6-8-14)18(19)24(34)32-35/h10-14,18-19,35H,2-9H2,1H3,(H,32,34)(H,27,29,30)/t13?,14?,18-,19-/m0/s1. The Morgan fingerprint density at radius 1 is 1.14 bits per heavy atom. The summed E-state index contributed by atoms with van der Waals surface area (Å²) in [5, 5.41) is 17.5. The van der Waals surface area contributed by atoms with Gasteiger partial charge in [0, 0.05) is 12.6 Å². The summed E-state index contributed by atoms with van der Waals surface area (Å²) in [6.07, 6.45) is 8.81. The maximum atomic E-state index is 14.8. The smallest absolute Gasteiger partial charge is 0.248 e.